The number of ether oxygens (including phenoxy) is 1. The number of carbonyl (C=O) groups excluding carboxylic acids is 1. The van der Waals surface area contributed by atoms with Crippen LogP contribution < -0.4 is 0 Å². The van der Waals surface area contributed by atoms with Gasteiger partial charge in [-0.1, -0.05) is 6.07 Å². The Bertz CT molecular complexity index is 691. The summed E-state index contributed by atoms with van der Waals surface area (Å²) in [5, 5.41) is 0.199. The molecule has 0 unspecified atom stereocenters. The van der Waals surface area contributed by atoms with Crippen LogP contribution >= 0.6 is 0 Å². The molecule has 102 valence electrons. The van der Waals surface area contributed by atoms with Gasteiger partial charge in [0.25, 0.3) is 0 Å². The van der Waals surface area contributed by atoms with Crippen molar-refractivity contribution < 1.29 is 17.9 Å². The minimum Gasteiger partial charge on any atom is -0.466 e. The van der Waals surface area contributed by atoms with Gasteiger partial charge in [0.05, 0.1) is 12.4 Å². The average molecular weight is 282 g/mol. The first kappa shape index (κ1) is 13.5. The highest BCUT2D eigenvalue weighted by atomic mass is 32.2. The fraction of sp³-hybridized carbons (Fsp3) is 0.333. The van der Waals surface area contributed by atoms with E-state index in [1.54, 1.807) is 24.5 Å². The third-order valence-electron chi connectivity index (χ3n) is 2.57. The lowest BCUT2D eigenvalue weighted by molar-refractivity contribution is -0.140. The van der Waals surface area contributed by atoms with Crippen molar-refractivity contribution >= 4 is 21.5 Å². The SMILES string of the molecule is CC(=O)OCCCS(=O)(=O)c1cccc2nccn12. The zero-order valence-corrected chi connectivity index (χ0v) is 11.3. The molecule has 6 nitrogen and oxygen atoms in total. The first-order chi connectivity index (χ1) is 9.00. The number of carbonyl (C=O) groups is 1. The van der Waals surface area contributed by atoms with Crippen LogP contribution in [0.5, 0.6) is 0 Å². The Morgan fingerprint density at radius 3 is 2.95 bits per heavy atom. The van der Waals surface area contributed by atoms with E-state index in [1.807, 2.05) is 0 Å². The number of pyridine rings is 1. The van der Waals surface area contributed by atoms with Crippen LogP contribution in [0.25, 0.3) is 5.65 Å². The number of esters is 1. The molecule has 0 aliphatic heterocycles. The Kier molecular flexibility index (Phi) is 3.84. The average Bonchev–Trinajstić information content (AvgIpc) is 2.82. The quantitative estimate of drug-likeness (QED) is 0.605. The van der Waals surface area contributed by atoms with Crippen LogP contribution in [-0.2, 0) is 19.4 Å². The molecule has 2 aromatic heterocycles. The summed E-state index contributed by atoms with van der Waals surface area (Å²) < 4.78 is 30.7. The summed E-state index contributed by atoms with van der Waals surface area (Å²) in [7, 11) is -3.42. The van der Waals surface area contributed by atoms with Crippen LogP contribution in [-0.4, -0.2) is 36.1 Å². The number of fused-ring (bicyclic) bond motifs is 1. The topological polar surface area (TPSA) is 77.7 Å². The molecule has 19 heavy (non-hydrogen) atoms. The largest absolute Gasteiger partial charge is 0.466 e. The highest BCUT2D eigenvalue weighted by molar-refractivity contribution is 7.91. The molecule has 0 spiro atoms. The number of nitrogens with zero attached hydrogens (tertiary/aromatic N) is 2. The second-order valence-corrected chi connectivity index (χ2v) is 6.09. The van der Waals surface area contributed by atoms with E-state index in [-0.39, 0.29) is 23.8 Å². The van der Waals surface area contributed by atoms with E-state index in [1.165, 1.54) is 17.4 Å². The van der Waals surface area contributed by atoms with E-state index in [0.29, 0.717) is 5.65 Å². The lowest BCUT2D eigenvalue weighted by atomic mass is 10.5. The van der Waals surface area contributed by atoms with Crippen molar-refractivity contribution in [2.24, 2.45) is 0 Å². The second kappa shape index (κ2) is 5.40. The summed E-state index contributed by atoms with van der Waals surface area (Å²) in [5.41, 5.74) is 0.584. The molecule has 7 heteroatoms. The molecule has 0 fully saturated rings. The normalized spacial score (nSPS) is 11.6. The van der Waals surface area contributed by atoms with E-state index >= 15 is 0 Å². The van der Waals surface area contributed by atoms with Crippen LogP contribution in [0.3, 0.4) is 0 Å². The molecule has 0 aromatic carbocycles. The third-order valence-corrected chi connectivity index (χ3v) is 4.37. The molecular formula is C12H14N2O4S. The highest BCUT2D eigenvalue weighted by Crippen LogP contribution is 2.14. The summed E-state index contributed by atoms with van der Waals surface area (Å²) in [6.45, 7) is 1.40. The first-order valence-electron chi connectivity index (χ1n) is 5.79. The molecule has 2 rings (SSSR count). The molecule has 2 heterocycles. The molecule has 0 aliphatic carbocycles. The van der Waals surface area contributed by atoms with Gasteiger partial charge in [-0.15, -0.1) is 0 Å². The fourth-order valence-corrected chi connectivity index (χ4v) is 3.19. The van der Waals surface area contributed by atoms with Crippen LogP contribution in [0, 0.1) is 0 Å². The van der Waals surface area contributed by atoms with Crippen molar-refractivity contribution in [3.8, 4) is 0 Å². The van der Waals surface area contributed by atoms with E-state index in [2.05, 4.69) is 4.98 Å². The van der Waals surface area contributed by atoms with Crippen molar-refractivity contribution in [2.45, 2.75) is 18.4 Å². The Morgan fingerprint density at radius 2 is 2.21 bits per heavy atom. The smallest absolute Gasteiger partial charge is 0.302 e. The van der Waals surface area contributed by atoms with Crippen molar-refractivity contribution in [1.82, 2.24) is 9.38 Å². The number of rotatable bonds is 5. The summed E-state index contributed by atoms with van der Waals surface area (Å²) >= 11 is 0. The van der Waals surface area contributed by atoms with E-state index < -0.39 is 15.8 Å². The van der Waals surface area contributed by atoms with Crippen molar-refractivity contribution in [1.29, 1.82) is 0 Å². The summed E-state index contributed by atoms with van der Waals surface area (Å²) in [6, 6.07) is 4.93. The third kappa shape index (κ3) is 3.11. The summed E-state index contributed by atoms with van der Waals surface area (Å²) in [4.78, 5) is 14.6. The maximum atomic E-state index is 12.2. The van der Waals surface area contributed by atoms with Gasteiger partial charge in [-0.05, 0) is 18.6 Å². The highest BCUT2D eigenvalue weighted by Gasteiger charge is 2.17. The van der Waals surface area contributed by atoms with Gasteiger partial charge in [0.15, 0.2) is 9.84 Å². The Balaban J connectivity index is 2.15. The number of hydrogen-bond acceptors (Lipinski definition) is 5. The molecule has 0 amide bonds. The van der Waals surface area contributed by atoms with E-state index in [4.69, 9.17) is 4.74 Å². The zero-order chi connectivity index (χ0) is 13.9. The lowest BCUT2D eigenvalue weighted by Gasteiger charge is -2.07. The van der Waals surface area contributed by atoms with Crippen molar-refractivity contribution in [3.63, 3.8) is 0 Å². The minimum absolute atomic E-state index is 0.0719. The Morgan fingerprint density at radius 1 is 1.42 bits per heavy atom. The molecular weight excluding hydrogens is 268 g/mol. The fourth-order valence-electron chi connectivity index (χ4n) is 1.74. The van der Waals surface area contributed by atoms with Crippen LogP contribution in [0.2, 0.25) is 0 Å². The maximum Gasteiger partial charge on any atom is 0.302 e. The van der Waals surface area contributed by atoms with E-state index in [0.717, 1.165) is 0 Å². The molecule has 0 saturated heterocycles. The van der Waals surface area contributed by atoms with Gasteiger partial charge < -0.3 is 4.74 Å². The first-order valence-corrected chi connectivity index (χ1v) is 7.44. The zero-order valence-electron chi connectivity index (χ0n) is 10.4. The van der Waals surface area contributed by atoms with Crippen LogP contribution in [0.4, 0.5) is 0 Å². The van der Waals surface area contributed by atoms with Gasteiger partial charge >= 0.3 is 5.97 Å². The van der Waals surface area contributed by atoms with Gasteiger partial charge in [0.2, 0.25) is 0 Å². The molecule has 0 radical (unpaired) electrons. The maximum absolute atomic E-state index is 12.2. The van der Waals surface area contributed by atoms with Gasteiger partial charge in [-0.3, -0.25) is 9.20 Å². The minimum atomic E-state index is -3.42. The number of aromatic nitrogens is 2. The molecule has 0 aliphatic rings. The van der Waals surface area contributed by atoms with Crippen LogP contribution in [0.15, 0.2) is 35.6 Å². The van der Waals surface area contributed by atoms with Gasteiger partial charge in [-0.25, -0.2) is 13.4 Å². The second-order valence-electron chi connectivity index (χ2n) is 4.03. The molecule has 0 atom stereocenters. The van der Waals surface area contributed by atoms with Crippen molar-refractivity contribution in [2.75, 3.05) is 12.4 Å². The van der Waals surface area contributed by atoms with Gasteiger partial charge in [0, 0.05) is 19.3 Å². The molecule has 2 aromatic rings. The number of imidazole rings is 1. The van der Waals surface area contributed by atoms with Crippen LogP contribution in [0.1, 0.15) is 13.3 Å². The van der Waals surface area contributed by atoms with Crippen molar-refractivity contribution in [3.05, 3.63) is 30.6 Å². The lowest BCUT2D eigenvalue weighted by Crippen LogP contribution is -2.13. The predicted octanol–water partition coefficient (Wildman–Crippen LogP) is 1.06. The summed E-state index contributed by atoms with van der Waals surface area (Å²) in [5.74, 6) is -0.480. The monoisotopic (exact) mass is 282 g/mol. The van der Waals surface area contributed by atoms with E-state index in [9.17, 15) is 13.2 Å². The predicted molar refractivity (Wildman–Crippen MR) is 68.5 cm³/mol. The van der Waals surface area contributed by atoms with Gasteiger partial charge in [-0.2, -0.15) is 0 Å². The molecule has 0 bridgehead atoms. The van der Waals surface area contributed by atoms with Gasteiger partial charge in [0.1, 0.15) is 10.7 Å². The number of sulfone groups is 1. The Labute approximate surface area is 110 Å². The molecule has 0 saturated carbocycles. The Hall–Kier alpha value is -1.89. The standard InChI is InChI=1S/C12H14N2O4S/c1-10(15)18-8-3-9-19(16,17)12-5-2-4-11-13-6-7-14(11)12/h2,4-7H,3,8-9H2,1H3. The summed E-state index contributed by atoms with van der Waals surface area (Å²) in [6.07, 6.45) is 3.43. The number of hydrogen-bond donors (Lipinski definition) is 0. The molecule has 0 N–H and O–H groups in total.